The third-order valence-electron chi connectivity index (χ3n) is 3.55. The molecule has 8 heteroatoms. The average molecular weight is 348 g/mol. The first-order valence-corrected chi connectivity index (χ1v) is 8.66. The lowest BCUT2D eigenvalue weighted by atomic mass is 10.2. The Hall–Kier alpha value is -2.74. The van der Waals surface area contributed by atoms with E-state index in [1.807, 2.05) is 0 Å². The Kier molecular flexibility index (Phi) is 4.06. The maximum atomic E-state index is 12.6. The zero-order chi connectivity index (χ0) is 17.3. The molecule has 126 valence electrons. The predicted octanol–water partition coefficient (Wildman–Crippen LogP) is 2.22. The van der Waals surface area contributed by atoms with Crippen LogP contribution in [0.4, 0.5) is 11.4 Å². The van der Waals surface area contributed by atoms with Crippen molar-refractivity contribution in [3.05, 3.63) is 42.5 Å². The summed E-state index contributed by atoms with van der Waals surface area (Å²) in [6, 6.07) is 11.0. The Bertz CT molecular complexity index is 895. The van der Waals surface area contributed by atoms with Crippen LogP contribution in [0.1, 0.15) is 6.92 Å². The fourth-order valence-electron chi connectivity index (χ4n) is 2.28. The third kappa shape index (κ3) is 3.00. The van der Waals surface area contributed by atoms with Gasteiger partial charge in [0, 0.05) is 6.07 Å². The van der Waals surface area contributed by atoms with Crippen LogP contribution in [0.15, 0.2) is 47.4 Å². The Morgan fingerprint density at radius 3 is 2.71 bits per heavy atom. The number of carbonyl (C=O) groups is 1. The number of sulfonamides is 1. The van der Waals surface area contributed by atoms with Crippen LogP contribution in [0.3, 0.4) is 0 Å². The van der Waals surface area contributed by atoms with Crippen molar-refractivity contribution in [2.45, 2.75) is 17.9 Å². The van der Waals surface area contributed by atoms with Crippen molar-refractivity contribution < 1.29 is 22.7 Å². The molecular weight excluding hydrogens is 332 g/mol. The van der Waals surface area contributed by atoms with Gasteiger partial charge in [0.1, 0.15) is 11.5 Å². The molecule has 0 radical (unpaired) electrons. The highest BCUT2D eigenvalue weighted by Crippen LogP contribution is 2.33. The van der Waals surface area contributed by atoms with Gasteiger partial charge in [-0.2, -0.15) is 0 Å². The molecule has 7 nitrogen and oxygen atoms in total. The number of nitrogens with one attached hydrogen (secondary N) is 2. The number of rotatable bonds is 4. The van der Waals surface area contributed by atoms with Gasteiger partial charge in [0.15, 0.2) is 6.10 Å². The van der Waals surface area contributed by atoms with Crippen molar-refractivity contribution in [1.82, 2.24) is 0 Å². The van der Waals surface area contributed by atoms with Gasteiger partial charge in [-0.15, -0.1) is 0 Å². The van der Waals surface area contributed by atoms with Crippen molar-refractivity contribution >= 4 is 27.3 Å². The molecule has 3 rings (SSSR count). The molecule has 2 aromatic carbocycles. The standard InChI is InChI=1S/C16H16N2O5S/c1-10-16(19)17-12-8-7-11(9-15(12)23-10)24(20,21)18-13-5-3-4-6-14(13)22-2/h3-10,18H,1-2H3,(H,17,19)/t10-/m1/s1. The van der Waals surface area contributed by atoms with Crippen LogP contribution in [0, 0.1) is 0 Å². The van der Waals surface area contributed by atoms with E-state index in [4.69, 9.17) is 9.47 Å². The van der Waals surface area contributed by atoms with Gasteiger partial charge in [-0.25, -0.2) is 8.42 Å². The van der Waals surface area contributed by atoms with Gasteiger partial charge in [-0.1, -0.05) is 12.1 Å². The summed E-state index contributed by atoms with van der Waals surface area (Å²) in [6.07, 6.45) is -0.683. The van der Waals surface area contributed by atoms with Gasteiger partial charge >= 0.3 is 0 Å². The van der Waals surface area contributed by atoms with E-state index in [2.05, 4.69) is 10.0 Å². The Morgan fingerprint density at radius 2 is 1.96 bits per heavy atom. The van der Waals surface area contributed by atoms with Crippen molar-refractivity contribution in [2.75, 3.05) is 17.1 Å². The summed E-state index contributed by atoms with van der Waals surface area (Å²) in [6.45, 7) is 1.59. The van der Waals surface area contributed by atoms with Gasteiger partial charge in [0.05, 0.1) is 23.4 Å². The van der Waals surface area contributed by atoms with E-state index in [1.54, 1.807) is 31.2 Å². The second-order valence-electron chi connectivity index (χ2n) is 5.21. The Labute approximate surface area is 139 Å². The quantitative estimate of drug-likeness (QED) is 0.883. The van der Waals surface area contributed by atoms with E-state index in [-0.39, 0.29) is 10.8 Å². The molecule has 1 aliphatic rings. The second-order valence-corrected chi connectivity index (χ2v) is 6.90. The number of fused-ring (bicyclic) bond motifs is 1. The van der Waals surface area contributed by atoms with Gasteiger partial charge in [-0.05, 0) is 31.2 Å². The van der Waals surface area contributed by atoms with E-state index in [1.165, 1.54) is 25.3 Å². The number of hydrogen-bond donors (Lipinski definition) is 2. The normalized spacial score (nSPS) is 16.6. The van der Waals surface area contributed by atoms with Gasteiger partial charge < -0.3 is 14.8 Å². The number of hydrogen-bond acceptors (Lipinski definition) is 5. The molecule has 0 spiro atoms. The summed E-state index contributed by atoms with van der Waals surface area (Å²) in [4.78, 5) is 11.6. The minimum absolute atomic E-state index is 0.0236. The van der Waals surface area contributed by atoms with Crippen molar-refractivity contribution in [3.63, 3.8) is 0 Å². The fourth-order valence-corrected chi connectivity index (χ4v) is 3.37. The van der Waals surface area contributed by atoms with Crippen LogP contribution in [0.5, 0.6) is 11.5 Å². The van der Waals surface area contributed by atoms with Crippen molar-refractivity contribution in [2.24, 2.45) is 0 Å². The number of benzene rings is 2. The van der Waals surface area contributed by atoms with Crippen LogP contribution < -0.4 is 19.5 Å². The molecule has 0 unspecified atom stereocenters. The first-order valence-electron chi connectivity index (χ1n) is 7.18. The highest BCUT2D eigenvalue weighted by atomic mass is 32.2. The van der Waals surface area contributed by atoms with Crippen LogP contribution in [0.2, 0.25) is 0 Å². The molecule has 0 saturated heterocycles. The third-order valence-corrected chi connectivity index (χ3v) is 4.91. The molecule has 0 aromatic heterocycles. The lowest BCUT2D eigenvalue weighted by Crippen LogP contribution is -2.34. The summed E-state index contributed by atoms with van der Waals surface area (Å²) < 4.78 is 38.3. The maximum Gasteiger partial charge on any atom is 0.265 e. The van der Waals surface area contributed by atoms with Crippen LogP contribution in [-0.2, 0) is 14.8 Å². The molecule has 0 saturated carbocycles. The Balaban J connectivity index is 1.93. The molecule has 1 aliphatic heterocycles. The largest absolute Gasteiger partial charge is 0.495 e. The molecule has 2 N–H and O–H groups in total. The fraction of sp³-hybridized carbons (Fsp3) is 0.188. The van der Waals surface area contributed by atoms with Gasteiger partial charge in [0.25, 0.3) is 15.9 Å². The molecule has 0 bridgehead atoms. The summed E-state index contributed by atoms with van der Waals surface area (Å²) in [5.74, 6) is 0.450. The minimum atomic E-state index is -3.83. The first-order chi connectivity index (χ1) is 11.4. The molecule has 1 heterocycles. The van der Waals surface area contributed by atoms with Gasteiger partial charge in [-0.3, -0.25) is 9.52 Å². The summed E-state index contributed by atoms with van der Waals surface area (Å²) in [5.41, 5.74) is 0.773. The van der Waals surface area contributed by atoms with Crippen LogP contribution in [-0.4, -0.2) is 27.5 Å². The van der Waals surface area contributed by atoms with Crippen LogP contribution >= 0.6 is 0 Å². The molecular formula is C16H16N2O5S. The second kappa shape index (κ2) is 6.04. The summed E-state index contributed by atoms with van der Waals surface area (Å²) >= 11 is 0. The summed E-state index contributed by atoms with van der Waals surface area (Å²) in [7, 11) is -2.37. The molecule has 0 fully saturated rings. The average Bonchev–Trinajstić information content (AvgIpc) is 2.55. The molecule has 1 atom stereocenters. The van der Waals surface area contributed by atoms with Crippen LogP contribution in [0.25, 0.3) is 0 Å². The lowest BCUT2D eigenvalue weighted by molar-refractivity contribution is -0.122. The monoisotopic (exact) mass is 348 g/mol. The first kappa shape index (κ1) is 16.1. The zero-order valence-corrected chi connectivity index (χ0v) is 13.9. The maximum absolute atomic E-state index is 12.6. The van der Waals surface area contributed by atoms with E-state index >= 15 is 0 Å². The number of para-hydroxylation sites is 2. The number of anilines is 2. The number of carbonyl (C=O) groups excluding carboxylic acids is 1. The predicted molar refractivity (Wildman–Crippen MR) is 89.0 cm³/mol. The van der Waals surface area contributed by atoms with Gasteiger partial charge in [0.2, 0.25) is 0 Å². The number of amides is 1. The van der Waals surface area contributed by atoms with Crippen molar-refractivity contribution in [3.8, 4) is 11.5 Å². The number of ether oxygens (including phenoxy) is 2. The minimum Gasteiger partial charge on any atom is -0.495 e. The van der Waals surface area contributed by atoms with Crippen molar-refractivity contribution in [1.29, 1.82) is 0 Å². The SMILES string of the molecule is COc1ccccc1NS(=O)(=O)c1ccc2c(c1)O[C@H](C)C(=O)N2. The molecule has 1 amide bonds. The Morgan fingerprint density at radius 1 is 1.21 bits per heavy atom. The highest BCUT2D eigenvalue weighted by Gasteiger charge is 2.26. The molecule has 2 aromatic rings. The van der Waals surface area contributed by atoms with E-state index in [0.29, 0.717) is 22.9 Å². The highest BCUT2D eigenvalue weighted by molar-refractivity contribution is 7.92. The lowest BCUT2D eigenvalue weighted by Gasteiger charge is -2.23. The van der Waals surface area contributed by atoms with E-state index < -0.39 is 16.1 Å². The van der Waals surface area contributed by atoms with E-state index in [0.717, 1.165) is 0 Å². The molecule has 24 heavy (non-hydrogen) atoms. The summed E-state index contributed by atoms with van der Waals surface area (Å²) in [5, 5.41) is 2.66. The molecule has 0 aliphatic carbocycles. The van der Waals surface area contributed by atoms with E-state index in [9.17, 15) is 13.2 Å². The smallest absolute Gasteiger partial charge is 0.265 e. The number of methoxy groups -OCH3 is 1. The zero-order valence-electron chi connectivity index (χ0n) is 13.1. The topological polar surface area (TPSA) is 93.7 Å².